The Bertz CT molecular complexity index is 911. The summed E-state index contributed by atoms with van der Waals surface area (Å²) in [4.78, 5) is 46.1. The fraction of sp³-hybridized carbons (Fsp3) is 0.774. The van der Waals surface area contributed by atoms with E-state index < -0.39 is 28.7 Å². The number of carbonyl (C=O) groups is 3. The minimum atomic E-state index is -0.740. The van der Waals surface area contributed by atoms with E-state index in [1.54, 1.807) is 22.7 Å². The monoisotopic (exact) mass is 562 g/mol. The van der Waals surface area contributed by atoms with Gasteiger partial charge in [0.25, 0.3) is 0 Å². The van der Waals surface area contributed by atoms with Gasteiger partial charge in [0.15, 0.2) is 0 Å². The molecule has 0 radical (unpaired) electrons. The number of likely N-dealkylation sites (tertiary alicyclic amines) is 1. The predicted octanol–water partition coefficient (Wildman–Crippen LogP) is 4.83. The number of hydrogen-bond donors (Lipinski definition) is 1. The number of carbonyl (C=O) groups excluding carboxylic acids is 3. The molecular formula is C31H50N2O5S. The number of unbranched alkanes of at least 4 members (excludes halogenated alkanes) is 2. The zero-order valence-electron chi connectivity index (χ0n) is 24.6. The highest BCUT2D eigenvalue weighted by Crippen LogP contribution is 2.69. The Kier molecular flexibility index (Phi) is 11.2. The van der Waals surface area contributed by atoms with Crippen molar-refractivity contribution in [1.82, 2.24) is 9.80 Å². The topological polar surface area (TPSA) is 87.2 Å². The fourth-order valence-corrected chi connectivity index (χ4v) is 9.59. The van der Waals surface area contributed by atoms with E-state index in [2.05, 4.69) is 33.9 Å². The van der Waals surface area contributed by atoms with Crippen LogP contribution in [0.25, 0.3) is 0 Å². The normalized spacial score (nSPS) is 31.5. The zero-order chi connectivity index (χ0) is 28.9. The summed E-state index contributed by atoms with van der Waals surface area (Å²) in [5.74, 6) is -1.72. The molecule has 220 valence electrons. The van der Waals surface area contributed by atoms with Gasteiger partial charge in [0.05, 0.1) is 35.8 Å². The zero-order valence-corrected chi connectivity index (χ0v) is 25.5. The number of rotatable bonds is 16. The molecule has 0 aromatic carbocycles. The highest BCUT2D eigenvalue weighted by molar-refractivity contribution is 8.02. The lowest BCUT2D eigenvalue weighted by atomic mass is 9.66. The number of esters is 1. The molecule has 1 N–H and O–H groups in total. The van der Waals surface area contributed by atoms with Crippen LogP contribution >= 0.6 is 11.8 Å². The average Bonchev–Trinajstić information content (AvgIpc) is 3.51. The van der Waals surface area contributed by atoms with Gasteiger partial charge in [-0.05, 0) is 50.9 Å². The van der Waals surface area contributed by atoms with Gasteiger partial charge in [-0.2, -0.15) is 0 Å². The first-order chi connectivity index (χ1) is 18.7. The lowest BCUT2D eigenvalue weighted by Gasteiger charge is -2.44. The van der Waals surface area contributed by atoms with Crippen LogP contribution in [-0.2, 0) is 19.1 Å². The molecule has 2 amide bonds. The van der Waals surface area contributed by atoms with Gasteiger partial charge in [-0.15, -0.1) is 24.9 Å². The van der Waals surface area contributed by atoms with E-state index in [1.807, 2.05) is 24.8 Å². The van der Waals surface area contributed by atoms with Gasteiger partial charge in [0.1, 0.15) is 6.04 Å². The maximum atomic E-state index is 14.6. The van der Waals surface area contributed by atoms with Gasteiger partial charge in [-0.25, -0.2) is 0 Å². The summed E-state index contributed by atoms with van der Waals surface area (Å²) >= 11 is 1.66. The summed E-state index contributed by atoms with van der Waals surface area (Å²) < 4.78 is 5.02. The van der Waals surface area contributed by atoms with E-state index >= 15 is 0 Å². The molecule has 9 atom stereocenters. The van der Waals surface area contributed by atoms with Crippen molar-refractivity contribution in [3.05, 3.63) is 25.3 Å². The van der Waals surface area contributed by atoms with Crippen molar-refractivity contribution in [3.63, 3.8) is 0 Å². The number of fused-ring (bicyclic) bond motifs is 1. The van der Waals surface area contributed by atoms with Gasteiger partial charge < -0.3 is 19.6 Å². The van der Waals surface area contributed by atoms with Crippen LogP contribution in [-0.4, -0.2) is 80.6 Å². The third-order valence-corrected chi connectivity index (χ3v) is 11.5. The maximum Gasteiger partial charge on any atom is 0.310 e. The Hall–Kier alpha value is -1.80. The van der Waals surface area contributed by atoms with Crippen LogP contribution in [0.5, 0.6) is 0 Å². The van der Waals surface area contributed by atoms with E-state index in [0.717, 1.165) is 44.9 Å². The smallest absolute Gasteiger partial charge is 0.310 e. The minimum Gasteiger partial charge on any atom is -0.465 e. The number of hydrogen-bond acceptors (Lipinski definition) is 6. The molecule has 0 aromatic rings. The van der Waals surface area contributed by atoms with Crippen molar-refractivity contribution in [1.29, 1.82) is 0 Å². The Balaban J connectivity index is 2.05. The van der Waals surface area contributed by atoms with Crippen LogP contribution in [0, 0.1) is 23.7 Å². The minimum absolute atomic E-state index is 0.00170. The van der Waals surface area contributed by atoms with Crippen LogP contribution in [0.1, 0.15) is 79.6 Å². The molecule has 0 aliphatic carbocycles. The first kappa shape index (κ1) is 31.7. The molecule has 0 aromatic heterocycles. The van der Waals surface area contributed by atoms with Crippen molar-refractivity contribution in [2.45, 2.75) is 108 Å². The highest BCUT2D eigenvalue weighted by Gasteiger charge is 2.77. The van der Waals surface area contributed by atoms with E-state index in [1.165, 1.54) is 0 Å². The van der Waals surface area contributed by atoms with Gasteiger partial charge >= 0.3 is 5.97 Å². The molecule has 7 nitrogen and oxygen atoms in total. The van der Waals surface area contributed by atoms with Gasteiger partial charge in [-0.3, -0.25) is 14.4 Å². The molecule has 0 saturated carbocycles. The van der Waals surface area contributed by atoms with E-state index in [9.17, 15) is 19.5 Å². The molecule has 3 aliphatic rings. The van der Waals surface area contributed by atoms with Crippen LogP contribution in [0.15, 0.2) is 25.3 Å². The molecule has 1 spiro atoms. The van der Waals surface area contributed by atoms with Crippen LogP contribution in [0.2, 0.25) is 0 Å². The van der Waals surface area contributed by atoms with Crippen molar-refractivity contribution >= 4 is 29.5 Å². The number of amides is 2. The van der Waals surface area contributed by atoms with Gasteiger partial charge in [0.2, 0.25) is 11.8 Å². The largest absolute Gasteiger partial charge is 0.465 e. The predicted molar refractivity (Wildman–Crippen MR) is 157 cm³/mol. The second-order valence-corrected chi connectivity index (χ2v) is 13.4. The first-order valence-corrected chi connectivity index (χ1v) is 15.8. The SMILES string of the molecule is C=CCCCCOC(=O)[C@@H]1[C@@H]2CC(C)C3(S2)C(C(=O)N(CC=C)C(C)CCC)N([C@@H](CO)[C@@H](C)CC)C(=O)[C@H]13. The summed E-state index contributed by atoms with van der Waals surface area (Å²) in [6, 6.07) is -1.25. The number of ether oxygens (including phenoxy) is 1. The Labute approximate surface area is 239 Å². The number of thioether (sulfide) groups is 1. The van der Waals surface area contributed by atoms with Crippen molar-refractivity contribution in [2.24, 2.45) is 23.7 Å². The molecule has 3 aliphatic heterocycles. The molecule has 4 unspecified atom stereocenters. The summed E-state index contributed by atoms with van der Waals surface area (Å²) in [6.45, 7) is 18.5. The number of nitrogens with zero attached hydrogens (tertiary/aromatic N) is 2. The molecule has 2 bridgehead atoms. The van der Waals surface area contributed by atoms with Crippen molar-refractivity contribution in [3.8, 4) is 0 Å². The summed E-state index contributed by atoms with van der Waals surface area (Å²) in [7, 11) is 0. The first-order valence-electron chi connectivity index (χ1n) is 15.0. The Morgan fingerprint density at radius 3 is 2.56 bits per heavy atom. The van der Waals surface area contributed by atoms with Crippen LogP contribution in [0.3, 0.4) is 0 Å². The molecule has 8 heteroatoms. The third-order valence-electron chi connectivity index (χ3n) is 9.43. The van der Waals surface area contributed by atoms with Crippen molar-refractivity contribution < 1.29 is 24.2 Å². The quantitative estimate of drug-likeness (QED) is 0.165. The highest BCUT2D eigenvalue weighted by atomic mass is 32.2. The summed E-state index contributed by atoms with van der Waals surface area (Å²) in [6.07, 6.45) is 9.43. The summed E-state index contributed by atoms with van der Waals surface area (Å²) in [5.41, 5.74) is 0. The molecule has 39 heavy (non-hydrogen) atoms. The molecule has 3 saturated heterocycles. The van der Waals surface area contributed by atoms with E-state index in [-0.39, 0.29) is 47.5 Å². The maximum absolute atomic E-state index is 14.6. The number of aliphatic hydroxyl groups is 1. The fourth-order valence-electron chi connectivity index (χ4n) is 7.20. The third kappa shape index (κ3) is 5.70. The lowest BCUT2D eigenvalue weighted by molar-refractivity contribution is -0.155. The van der Waals surface area contributed by atoms with Crippen molar-refractivity contribution in [2.75, 3.05) is 19.8 Å². The lowest BCUT2D eigenvalue weighted by Crippen LogP contribution is -2.61. The van der Waals surface area contributed by atoms with Gasteiger partial charge in [0, 0.05) is 17.8 Å². The van der Waals surface area contributed by atoms with Crippen LogP contribution in [0.4, 0.5) is 0 Å². The van der Waals surface area contributed by atoms with E-state index in [4.69, 9.17) is 4.74 Å². The Morgan fingerprint density at radius 1 is 1.26 bits per heavy atom. The Morgan fingerprint density at radius 2 is 1.97 bits per heavy atom. The average molecular weight is 563 g/mol. The molecular weight excluding hydrogens is 512 g/mol. The molecule has 3 heterocycles. The standard InChI is InChI=1S/C31H50N2O5S/c1-8-12-13-14-17-38-30(37)25-24-18-21(6)31(39-24)26(25)28(35)33(23(19-34)20(5)11-4)27(31)29(36)32(16-10-3)22(7)15-9-2/h8,10,20-27,34H,1,3,9,11-19H2,2,4-7H3/t20-,21?,22?,23-,24-,25+,26-,27?,31?/m0/s1. The molecule has 3 fully saturated rings. The van der Waals surface area contributed by atoms with Crippen LogP contribution < -0.4 is 0 Å². The van der Waals surface area contributed by atoms with Gasteiger partial charge in [-0.1, -0.05) is 52.7 Å². The number of allylic oxidation sites excluding steroid dienone is 1. The summed E-state index contributed by atoms with van der Waals surface area (Å²) in [5, 5.41) is 10.5. The number of aliphatic hydroxyl groups excluding tert-OH is 1. The molecule has 3 rings (SSSR count). The second kappa shape index (κ2) is 13.7. The second-order valence-electron chi connectivity index (χ2n) is 11.8. The van der Waals surface area contributed by atoms with E-state index in [0.29, 0.717) is 13.2 Å².